The maximum absolute atomic E-state index is 11.4. The van der Waals surface area contributed by atoms with Crippen LogP contribution in [0.15, 0.2) is 18.2 Å². The molecule has 0 spiro atoms. The van der Waals surface area contributed by atoms with Gasteiger partial charge in [-0.1, -0.05) is 19.1 Å². The maximum Gasteiger partial charge on any atom is 0.239 e. The Hall–Kier alpha value is -1.62. The van der Waals surface area contributed by atoms with E-state index in [0.29, 0.717) is 11.5 Å². The Balaban J connectivity index is 2.56. The van der Waals surface area contributed by atoms with Crippen molar-refractivity contribution < 1.29 is 4.79 Å². The Labute approximate surface area is 113 Å². The van der Waals surface area contributed by atoms with Gasteiger partial charge in [0, 0.05) is 17.8 Å². The fraction of sp³-hybridized carbons (Fsp3) is 0.385. The number of rotatable bonds is 6. The van der Waals surface area contributed by atoms with Crippen LogP contribution in [0.2, 0.25) is 0 Å². The molecule has 1 aromatic carbocycles. The summed E-state index contributed by atoms with van der Waals surface area (Å²) >= 11 is 4.94. The molecule has 0 aromatic heterocycles. The van der Waals surface area contributed by atoms with Gasteiger partial charge in [-0.15, -0.1) is 0 Å². The molecule has 18 heavy (non-hydrogen) atoms. The van der Waals surface area contributed by atoms with Gasteiger partial charge in [0.2, 0.25) is 5.91 Å². The Morgan fingerprint density at radius 1 is 1.44 bits per heavy atom. The van der Waals surface area contributed by atoms with E-state index >= 15 is 0 Å². The smallest absolute Gasteiger partial charge is 0.239 e. The summed E-state index contributed by atoms with van der Waals surface area (Å²) in [5, 5.41) is 5.87. The highest BCUT2D eigenvalue weighted by Crippen LogP contribution is 2.14. The molecular formula is C13H19N3OS. The maximum atomic E-state index is 11.4. The number of aryl methyl sites for hydroxylation is 1. The van der Waals surface area contributed by atoms with Crippen LogP contribution >= 0.6 is 12.2 Å². The number of amides is 1. The standard InChI is InChI=1S/C13H19N3OS/c1-3-6-15-12(17)8-16-10-4-5-11(13(14)18)9(2)7-10/h4-5,7,16H,3,6,8H2,1-2H3,(H2,14,18)(H,15,17). The van der Waals surface area contributed by atoms with E-state index in [2.05, 4.69) is 10.6 Å². The zero-order valence-corrected chi connectivity index (χ0v) is 11.6. The molecule has 0 aliphatic rings. The van der Waals surface area contributed by atoms with E-state index in [4.69, 9.17) is 18.0 Å². The molecule has 0 fully saturated rings. The van der Waals surface area contributed by atoms with E-state index < -0.39 is 0 Å². The van der Waals surface area contributed by atoms with Crippen molar-refractivity contribution in [3.05, 3.63) is 29.3 Å². The van der Waals surface area contributed by atoms with Gasteiger partial charge in [-0.25, -0.2) is 0 Å². The number of carbonyl (C=O) groups is 1. The predicted octanol–water partition coefficient (Wildman–Crippen LogP) is 1.57. The van der Waals surface area contributed by atoms with Gasteiger partial charge in [0.15, 0.2) is 0 Å². The molecule has 98 valence electrons. The Morgan fingerprint density at radius 3 is 2.72 bits per heavy atom. The molecule has 1 amide bonds. The minimum Gasteiger partial charge on any atom is -0.389 e. The molecule has 0 heterocycles. The molecule has 0 aliphatic carbocycles. The van der Waals surface area contributed by atoms with Crippen molar-refractivity contribution in [3.63, 3.8) is 0 Å². The van der Waals surface area contributed by atoms with Crippen molar-refractivity contribution >= 4 is 28.8 Å². The lowest BCUT2D eigenvalue weighted by Crippen LogP contribution is -2.30. The summed E-state index contributed by atoms with van der Waals surface area (Å²) in [6.07, 6.45) is 0.938. The van der Waals surface area contributed by atoms with Crippen molar-refractivity contribution in [2.45, 2.75) is 20.3 Å². The summed E-state index contributed by atoms with van der Waals surface area (Å²) < 4.78 is 0. The lowest BCUT2D eigenvalue weighted by molar-refractivity contribution is -0.119. The van der Waals surface area contributed by atoms with E-state index in [1.54, 1.807) is 0 Å². The minimum atomic E-state index is -0.00655. The molecule has 4 N–H and O–H groups in total. The summed E-state index contributed by atoms with van der Waals surface area (Å²) in [5.41, 5.74) is 8.34. The number of thiocarbonyl (C=S) groups is 1. The highest BCUT2D eigenvalue weighted by molar-refractivity contribution is 7.80. The van der Waals surface area contributed by atoms with Crippen molar-refractivity contribution in [2.75, 3.05) is 18.4 Å². The Morgan fingerprint density at radius 2 is 2.17 bits per heavy atom. The highest BCUT2D eigenvalue weighted by Gasteiger charge is 2.04. The zero-order chi connectivity index (χ0) is 13.5. The summed E-state index contributed by atoms with van der Waals surface area (Å²) in [6.45, 7) is 4.94. The van der Waals surface area contributed by atoms with Crippen LogP contribution in [0.1, 0.15) is 24.5 Å². The number of nitrogens with one attached hydrogen (secondary N) is 2. The molecule has 0 aliphatic heterocycles. The molecule has 0 atom stereocenters. The van der Waals surface area contributed by atoms with E-state index in [1.807, 2.05) is 32.0 Å². The third kappa shape index (κ3) is 4.33. The summed E-state index contributed by atoms with van der Waals surface area (Å²) in [5.74, 6) is -0.00655. The number of nitrogens with two attached hydrogens (primary N) is 1. The van der Waals surface area contributed by atoms with Gasteiger partial charge in [0.1, 0.15) is 4.99 Å². The largest absolute Gasteiger partial charge is 0.389 e. The molecule has 0 unspecified atom stereocenters. The van der Waals surface area contributed by atoms with Crippen molar-refractivity contribution in [2.24, 2.45) is 5.73 Å². The van der Waals surface area contributed by atoms with Crippen molar-refractivity contribution in [3.8, 4) is 0 Å². The number of benzene rings is 1. The zero-order valence-electron chi connectivity index (χ0n) is 10.7. The minimum absolute atomic E-state index is 0.00655. The fourth-order valence-corrected chi connectivity index (χ4v) is 1.79. The molecule has 0 radical (unpaired) electrons. The van der Waals surface area contributed by atoms with Crippen molar-refractivity contribution in [1.82, 2.24) is 5.32 Å². The third-order valence-corrected chi connectivity index (χ3v) is 2.74. The fourth-order valence-electron chi connectivity index (χ4n) is 1.56. The molecule has 0 saturated heterocycles. The second-order valence-corrected chi connectivity index (χ2v) is 4.54. The Kier molecular flexibility index (Phi) is 5.58. The van der Waals surface area contributed by atoms with Gasteiger partial charge in [-0.05, 0) is 37.1 Å². The molecule has 1 aromatic rings. The number of carbonyl (C=O) groups excluding carboxylic acids is 1. The number of hydrogen-bond acceptors (Lipinski definition) is 3. The highest BCUT2D eigenvalue weighted by atomic mass is 32.1. The first-order valence-corrected chi connectivity index (χ1v) is 6.36. The second-order valence-electron chi connectivity index (χ2n) is 4.10. The van der Waals surface area contributed by atoms with Crippen LogP contribution in [0.5, 0.6) is 0 Å². The Bertz CT molecular complexity index is 446. The number of hydrogen-bond donors (Lipinski definition) is 3. The quantitative estimate of drug-likeness (QED) is 0.683. The lowest BCUT2D eigenvalue weighted by atomic mass is 10.1. The molecule has 0 bridgehead atoms. The first-order chi connectivity index (χ1) is 8.54. The van der Waals surface area contributed by atoms with Crippen LogP contribution in [0.3, 0.4) is 0 Å². The first kappa shape index (κ1) is 14.4. The molecule has 5 heteroatoms. The number of anilines is 1. The van der Waals surface area contributed by atoms with Crippen LogP contribution in [0.4, 0.5) is 5.69 Å². The predicted molar refractivity (Wildman–Crippen MR) is 78.9 cm³/mol. The summed E-state index contributed by atoms with van der Waals surface area (Å²) in [7, 11) is 0. The molecular weight excluding hydrogens is 246 g/mol. The van der Waals surface area contributed by atoms with Crippen molar-refractivity contribution in [1.29, 1.82) is 0 Å². The monoisotopic (exact) mass is 265 g/mol. The van der Waals surface area contributed by atoms with Crippen LogP contribution in [0, 0.1) is 6.92 Å². The van der Waals surface area contributed by atoms with Gasteiger partial charge in [0.05, 0.1) is 6.54 Å². The average molecular weight is 265 g/mol. The normalized spacial score (nSPS) is 9.89. The van der Waals surface area contributed by atoms with E-state index in [1.165, 1.54) is 0 Å². The van der Waals surface area contributed by atoms with E-state index in [0.717, 1.165) is 23.2 Å². The third-order valence-electron chi connectivity index (χ3n) is 2.52. The van der Waals surface area contributed by atoms with Gasteiger partial charge in [-0.3, -0.25) is 4.79 Å². The summed E-state index contributed by atoms with van der Waals surface area (Å²) in [6, 6.07) is 5.67. The topological polar surface area (TPSA) is 67.2 Å². The van der Waals surface area contributed by atoms with E-state index in [-0.39, 0.29) is 12.5 Å². The van der Waals surface area contributed by atoms with E-state index in [9.17, 15) is 4.79 Å². The second kappa shape index (κ2) is 6.96. The van der Waals surface area contributed by atoms with Gasteiger partial charge in [0.25, 0.3) is 0 Å². The van der Waals surface area contributed by atoms with Crippen LogP contribution in [-0.4, -0.2) is 24.0 Å². The summed E-state index contributed by atoms with van der Waals surface area (Å²) in [4.78, 5) is 11.8. The van der Waals surface area contributed by atoms with Crippen LogP contribution in [-0.2, 0) is 4.79 Å². The SMILES string of the molecule is CCCNC(=O)CNc1ccc(C(N)=S)c(C)c1. The first-order valence-electron chi connectivity index (χ1n) is 5.95. The molecule has 1 rings (SSSR count). The lowest BCUT2D eigenvalue weighted by Gasteiger charge is -2.10. The van der Waals surface area contributed by atoms with Crippen LogP contribution in [0.25, 0.3) is 0 Å². The van der Waals surface area contributed by atoms with Crippen LogP contribution < -0.4 is 16.4 Å². The molecule has 4 nitrogen and oxygen atoms in total. The van der Waals surface area contributed by atoms with Gasteiger partial charge in [-0.2, -0.15) is 0 Å². The van der Waals surface area contributed by atoms with Gasteiger partial charge < -0.3 is 16.4 Å². The average Bonchev–Trinajstić information content (AvgIpc) is 2.33. The molecule has 0 saturated carbocycles. The van der Waals surface area contributed by atoms with Gasteiger partial charge >= 0.3 is 0 Å².